The fourth-order valence-corrected chi connectivity index (χ4v) is 1.35. The second-order valence-corrected chi connectivity index (χ2v) is 2.95. The topological polar surface area (TPSA) is 78.6 Å². The Bertz CT molecular complexity index is 228. The smallest absolute Gasteiger partial charge is 0.324 e. The number of nitrogens with two attached hydrogens (primary N) is 1. The Labute approximate surface area is 76.2 Å². The molecule has 0 radical (unpaired) electrons. The zero-order valence-corrected chi connectivity index (χ0v) is 7.65. The second-order valence-electron chi connectivity index (χ2n) is 2.95. The molecule has 1 aliphatic rings. The van der Waals surface area contributed by atoms with E-state index in [1.165, 1.54) is 0 Å². The van der Waals surface area contributed by atoms with Crippen molar-refractivity contribution in [2.75, 3.05) is 6.61 Å². The molecular formula is C8H13NO4. The first-order valence-electron chi connectivity index (χ1n) is 4.20. The average molecular weight is 187 g/mol. The minimum Gasteiger partial charge on any atom is -0.466 e. The van der Waals surface area contributed by atoms with Gasteiger partial charge in [0.05, 0.1) is 6.61 Å². The molecule has 1 aliphatic heterocycles. The van der Waals surface area contributed by atoms with Crippen LogP contribution in [0.5, 0.6) is 0 Å². The highest BCUT2D eigenvalue weighted by atomic mass is 16.6. The van der Waals surface area contributed by atoms with Gasteiger partial charge >= 0.3 is 11.9 Å². The zero-order chi connectivity index (χ0) is 10.0. The maximum atomic E-state index is 11.3. The van der Waals surface area contributed by atoms with Crippen molar-refractivity contribution in [1.82, 2.24) is 0 Å². The van der Waals surface area contributed by atoms with Crippen molar-refractivity contribution < 1.29 is 19.1 Å². The van der Waals surface area contributed by atoms with Crippen molar-refractivity contribution in [3.63, 3.8) is 0 Å². The molecule has 1 fully saturated rings. The van der Waals surface area contributed by atoms with E-state index in [1.807, 2.05) is 0 Å². The molecule has 0 aliphatic carbocycles. The van der Waals surface area contributed by atoms with Gasteiger partial charge in [-0.15, -0.1) is 0 Å². The quantitative estimate of drug-likeness (QED) is 0.586. The first-order chi connectivity index (χ1) is 6.07. The largest absolute Gasteiger partial charge is 0.466 e. The lowest BCUT2D eigenvalue weighted by Gasteiger charge is -2.13. The van der Waals surface area contributed by atoms with Crippen molar-refractivity contribution >= 4 is 11.9 Å². The van der Waals surface area contributed by atoms with E-state index in [0.29, 0.717) is 0 Å². The van der Waals surface area contributed by atoms with Crippen molar-refractivity contribution in [3.8, 4) is 0 Å². The van der Waals surface area contributed by atoms with Crippen LogP contribution < -0.4 is 5.73 Å². The summed E-state index contributed by atoms with van der Waals surface area (Å²) in [4.78, 5) is 22.2. The minimum absolute atomic E-state index is 0.281. The lowest BCUT2D eigenvalue weighted by Crippen LogP contribution is -2.39. The van der Waals surface area contributed by atoms with Crippen LogP contribution in [0.15, 0.2) is 0 Å². The number of esters is 2. The monoisotopic (exact) mass is 187 g/mol. The Morgan fingerprint density at radius 2 is 2.31 bits per heavy atom. The summed E-state index contributed by atoms with van der Waals surface area (Å²) in [6.07, 6.45) is -0.485. The number of carbonyl (C=O) groups is 2. The lowest BCUT2D eigenvalue weighted by molar-refractivity contribution is -0.149. The predicted octanol–water partition coefficient (Wildman–Crippen LogP) is -0.562. The summed E-state index contributed by atoms with van der Waals surface area (Å²) in [7, 11) is 0. The Morgan fingerprint density at radius 1 is 1.69 bits per heavy atom. The third-order valence-corrected chi connectivity index (χ3v) is 2.03. The third kappa shape index (κ3) is 1.80. The molecule has 2 N–H and O–H groups in total. The van der Waals surface area contributed by atoms with Gasteiger partial charge in [0.25, 0.3) is 0 Å². The normalized spacial score (nSPS) is 32.8. The second kappa shape index (κ2) is 3.74. The molecular weight excluding hydrogens is 174 g/mol. The summed E-state index contributed by atoms with van der Waals surface area (Å²) in [6, 6.07) is -0.881. The summed E-state index contributed by atoms with van der Waals surface area (Å²) in [5.74, 6) is -1.66. The fraction of sp³-hybridized carbons (Fsp3) is 0.750. The van der Waals surface area contributed by atoms with E-state index in [4.69, 9.17) is 15.2 Å². The molecule has 0 aromatic heterocycles. The molecule has 13 heavy (non-hydrogen) atoms. The van der Waals surface area contributed by atoms with Crippen LogP contribution in [-0.2, 0) is 19.1 Å². The van der Waals surface area contributed by atoms with Crippen molar-refractivity contribution in [2.24, 2.45) is 11.7 Å². The fourth-order valence-electron chi connectivity index (χ4n) is 1.35. The molecule has 1 heterocycles. The molecule has 0 spiro atoms. The molecule has 0 amide bonds. The van der Waals surface area contributed by atoms with Gasteiger partial charge in [0.15, 0.2) is 0 Å². The van der Waals surface area contributed by atoms with E-state index < -0.39 is 30.0 Å². The first-order valence-corrected chi connectivity index (χ1v) is 4.20. The van der Waals surface area contributed by atoms with Crippen LogP contribution in [-0.4, -0.2) is 30.7 Å². The third-order valence-electron chi connectivity index (χ3n) is 2.03. The highest BCUT2D eigenvalue weighted by Crippen LogP contribution is 2.22. The van der Waals surface area contributed by atoms with Crippen LogP contribution in [0.25, 0.3) is 0 Å². The molecule has 0 saturated carbocycles. The van der Waals surface area contributed by atoms with Crippen LogP contribution in [0.1, 0.15) is 13.8 Å². The average Bonchev–Trinajstić information content (AvgIpc) is 2.27. The summed E-state index contributed by atoms with van der Waals surface area (Å²) in [5, 5.41) is 0. The molecule has 0 bridgehead atoms. The molecule has 0 aromatic carbocycles. The van der Waals surface area contributed by atoms with E-state index >= 15 is 0 Å². The number of hydrogen-bond donors (Lipinski definition) is 1. The van der Waals surface area contributed by atoms with Crippen LogP contribution in [0.2, 0.25) is 0 Å². The van der Waals surface area contributed by atoms with Crippen LogP contribution in [0.4, 0.5) is 0 Å². The van der Waals surface area contributed by atoms with Crippen LogP contribution in [0.3, 0.4) is 0 Å². The molecule has 5 heteroatoms. The molecule has 0 unspecified atom stereocenters. The van der Waals surface area contributed by atoms with Gasteiger partial charge in [0.1, 0.15) is 18.1 Å². The Kier molecular flexibility index (Phi) is 2.87. The van der Waals surface area contributed by atoms with Gasteiger partial charge in [-0.05, 0) is 13.8 Å². The number of hydrogen-bond acceptors (Lipinski definition) is 5. The molecule has 3 atom stereocenters. The molecule has 1 saturated heterocycles. The van der Waals surface area contributed by atoms with Gasteiger partial charge in [-0.3, -0.25) is 9.59 Å². The standard InChI is InChI=1S/C8H13NO4/c1-3-12-7(10)5-4(2)13-8(11)6(5)9/h4-6H,3,9H2,1-2H3/t4-,5-,6+/m1/s1. The Hall–Kier alpha value is -1.10. The van der Waals surface area contributed by atoms with Gasteiger partial charge in [0.2, 0.25) is 0 Å². The summed E-state index contributed by atoms with van der Waals surface area (Å²) >= 11 is 0. The SMILES string of the molecule is CCOC(=O)[C@H]1[C@H](N)C(=O)O[C@@H]1C. The Balaban J connectivity index is 2.68. The summed E-state index contributed by atoms with van der Waals surface area (Å²) < 4.78 is 9.55. The highest BCUT2D eigenvalue weighted by molar-refractivity contribution is 5.88. The summed E-state index contributed by atoms with van der Waals surface area (Å²) in [6.45, 7) is 3.61. The van der Waals surface area contributed by atoms with Gasteiger partial charge in [-0.1, -0.05) is 0 Å². The van der Waals surface area contributed by atoms with Gasteiger partial charge in [-0.25, -0.2) is 0 Å². The Morgan fingerprint density at radius 3 is 2.69 bits per heavy atom. The molecule has 74 valence electrons. The minimum atomic E-state index is -0.881. The first kappa shape index (κ1) is 9.98. The van der Waals surface area contributed by atoms with Crippen LogP contribution >= 0.6 is 0 Å². The number of cyclic esters (lactones) is 1. The molecule has 0 aromatic rings. The van der Waals surface area contributed by atoms with E-state index in [1.54, 1.807) is 13.8 Å². The van der Waals surface area contributed by atoms with E-state index in [-0.39, 0.29) is 6.61 Å². The van der Waals surface area contributed by atoms with E-state index in [2.05, 4.69) is 0 Å². The van der Waals surface area contributed by atoms with Crippen LogP contribution in [0, 0.1) is 5.92 Å². The van der Waals surface area contributed by atoms with E-state index in [0.717, 1.165) is 0 Å². The number of rotatable bonds is 2. The van der Waals surface area contributed by atoms with Crippen molar-refractivity contribution in [3.05, 3.63) is 0 Å². The molecule has 5 nitrogen and oxygen atoms in total. The van der Waals surface area contributed by atoms with Crippen molar-refractivity contribution in [1.29, 1.82) is 0 Å². The maximum absolute atomic E-state index is 11.3. The molecule has 1 rings (SSSR count). The zero-order valence-electron chi connectivity index (χ0n) is 7.65. The maximum Gasteiger partial charge on any atom is 0.324 e. The predicted molar refractivity (Wildman–Crippen MR) is 43.7 cm³/mol. The lowest BCUT2D eigenvalue weighted by atomic mass is 9.99. The summed E-state index contributed by atoms with van der Waals surface area (Å²) in [5.41, 5.74) is 5.47. The van der Waals surface area contributed by atoms with Gasteiger partial charge in [0, 0.05) is 0 Å². The number of carbonyl (C=O) groups excluding carboxylic acids is 2. The van der Waals surface area contributed by atoms with Crippen molar-refractivity contribution in [2.45, 2.75) is 26.0 Å². The van der Waals surface area contributed by atoms with E-state index in [9.17, 15) is 9.59 Å². The number of ether oxygens (including phenoxy) is 2. The highest BCUT2D eigenvalue weighted by Gasteiger charge is 2.45. The van der Waals surface area contributed by atoms with Gasteiger partial charge in [-0.2, -0.15) is 0 Å². The van der Waals surface area contributed by atoms with Gasteiger partial charge < -0.3 is 15.2 Å².